The van der Waals surface area contributed by atoms with Crippen LogP contribution in [-0.4, -0.2) is 53.1 Å². The Morgan fingerprint density at radius 3 is 2.55 bits per heavy atom. The van der Waals surface area contributed by atoms with E-state index in [0.717, 1.165) is 32.5 Å². The van der Waals surface area contributed by atoms with Crippen molar-refractivity contribution in [3.63, 3.8) is 0 Å². The lowest BCUT2D eigenvalue weighted by Crippen LogP contribution is -2.40. The number of β-amino-alcohol motifs (C(OH)–C–C–N with tert-alkyl or cyclic N) is 1. The number of nitrogens with zero attached hydrogens (tertiary/aromatic N) is 2. The molecule has 0 spiro atoms. The highest BCUT2D eigenvalue weighted by atomic mass is 16.3. The molecule has 3 rings (SSSR count). The molecule has 1 atom stereocenters. The molecule has 1 aromatic carbocycles. The maximum absolute atomic E-state index is 12.6. The van der Waals surface area contributed by atoms with Gasteiger partial charge in [0, 0.05) is 38.6 Å². The van der Waals surface area contributed by atoms with E-state index in [1.807, 2.05) is 23.1 Å². The fourth-order valence-electron chi connectivity index (χ4n) is 3.67. The molecular weight excluding hydrogens is 276 g/mol. The third-order valence-corrected chi connectivity index (χ3v) is 4.85. The predicted octanol–water partition coefficient (Wildman–Crippen LogP) is 1.88. The van der Waals surface area contributed by atoms with E-state index in [0.29, 0.717) is 13.1 Å². The Morgan fingerprint density at radius 2 is 1.82 bits per heavy atom. The van der Waals surface area contributed by atoms with Crippen molar-refractivity contribution >= 4 is 5.91 Å². The largest absolute Gasteiger partial charge is 0.390 e. The van der Waals surface area contributed by atoms with Crippen molar-refractivity contribution in [2.24, 2.45) is 5.92 Å². The lowest BCUT2D eigenvalue weighted by Gasteiger charge is -2.25. The molecule has 1 saturated carbocycles. The zero-order chi connectivity index (χ0) is 15.4. The zero-order valence-corrected chi connectivity index (χ0v) is 13.2. The van der Waals surface area contributed by atoms with Crippen LogP contribution in [0.2, 0.25) is 0 Å². The average molecular weight is 302 g/mol. The molecule has 1 N–H and O–H groups in total. The van der Waals surface area contributed by atoms with Gasteiger partial charge >= 0.3 is 0 Å². The summed E-state index contributed by atoms with van der Waals surface area (Å²) in [7, 11) is 0. The van der Waals surface area contributed by atoms with E-state index in [2.05, 4.69) is 17.0 Å². The van der Waals surface area contributed by atoms with Crippen LogP contribution >= 0.6 is 0 Å². The molecule has 1 saturated heterocycles. The first-order valence-corrected chi connectivity index (χ1v) is 8.45. The molecule has 1 amide bonds. The second-order valence-corrected chi connectivity index (χ2v) is 6.64. The second kappa shape index (κ2) is 7.25. The predicted molar refractivity (Wildman–Crippen MR) is 86.3 cm³/mol. The maximum Gasteiger partial charge on any atom is 0.225 e. The van der Waals surface area contributed by atoms with E-state index in [9.17, 15) is 9.90 Å². The Hall–Kier alpha value is -1.39. The van der Waals surface area contributed by atoms with Crippen LogP contribution in [0.5, 0.6) is 0 Å². The molecule has 1 heterocycles. The summed E-state index contributed by atoms with van der Waals surface area (Å²) in [6.07, 6.45) is 3.95. The number of aliphatic hydroxyl groups excluding tert-OH is 1. The third kappa shape index (κ3) is 3.87. The minimum Gasteiger partial charge on any atom is -0.390 e. The highest BCUT2D eigenvalue weighted by Crippen LogP contribution is 2.27. The molecule has 1 aliphatic carbocycles. The van der Waals surface area contributed by atoms with E-state index in [1.165, 1.54) is 18.4 Å². The van der Waals surface area contributed by atoms with Gasteiger partial charge in [-0.05, 0) is 18.4 Å². The van der Waals surface area contributed by atoms with Crippen molar-refractivity contribution in [3.8, 4) is 0 Å². The highest BCUT2D eigenvalue weighted by Gasteiger charge is 2.30. The monoisotopic (exact) mass is 302 g/mol. The van der Waals surface area contributed by atoms with Crippen LogP contribution < -0.4 is 0 Å². The number of hydrogen-bond acceptors (Lipinski definition) is 3. The van der Waals surface area contributed by atoms with Gasteiger partial charge in [0.25, 0.3) is 0 Å². The van der Waals surface area contributed by atoms with Crippen LogP contribution in [0.1, 0.15) is 31.2 Å². The van der Waals surface area contributed by atoms with Gasteiger partial charge in [-0.15, -0.1) is 0 Å². The molecule has 120 valence electrons. The van der Waals surface area contributed by atoms with Crippen LogP contribution in [0.3, 0.4) is 0 Å². The third-order valence-electron chi connectivity index (χ3n) is 4.85. The number of rotatable bonds is 3. The van der Waals surface area contributed by atoms with Crippen molar-refractivity contribution in [1.82, 2.24) is 9.80 Å². The first-order valence-electron chi connectivity index (χ1n) is 8.45. The van der Waals surface area contributed by atoms with Gasteiger partial charge < -0.3 is 10.0 Å². The quantitative estimate of drug-likeness (QED) is 0.927. The summed E-state index contributed by atoms with van der Waals surface area (Å²) in [5, 5.41) is 10.3. The highest BCUT2D eigenvalue weighted by molar-refractivity contribution is 5.79. The molecule has 0 radical (unpaired) electrons. The molecule has 1 aliphatic heterocycles. The van der Waals surface area contributed by atoms with Gasteiger partial charge in [0.2, 0.25) is 5.91 Å². The minimum absolute atomic E-state index is 0.202. The summed E-state index contributed by atoms with van der Waals surface area (Å²) in [6.45, 7) is 3.54. The molecule has 4 heteroatoms. The standard InChI is InChI=1S/C18H26N2O2/c21-17-13-19(12-15-6-2-1-3-7-15)10-11-20(14-17)18(22)16-8-4-5-9-16/h1-3,6-7,16-17,21H,4-5,8-14H2/t17-/m0/s1. The van der Waals surface area contributed by atoms with Gasteiger partial charge in [0.15, 0.2) is 0 Å². The van der Waals surface area contributed by atoms with Crippen LogP contribution in [-0.2, 0) is 11.3 Å². The van der Waals surface area contributed by atoms with Crippen LogP contribution in [0, 0.1) is 5.92 Å². The summed E-state index contributed by atoms with van der Waals surface area (Å²) < 4.78 is 0. The van der Waals surface area contributed by atoms with E-state index < -0.39 is 6.10 Å². The van der Waals surface area contributed by atoms with Gasteiger partial charge in [-0.1, -0.05) is 43.2 Å². The zero-order valence-electron chi connectivity index (χ0n) is 13.2. The smallest absolute Gasteiger partial charge is 0.225 e. The maximum atomic E-state index is 12.6. The van der Waals surface area contributed by atoms with E-state index in [4.69, 9.17) is 0 Å². The van der Waals surface area contributed by atoms with E-state index in [-0.39, 0.29) is 11.8 Å². The van der Waals surface area contributed by atoms with Gasteiger partial charge in [0.1, 0.15) is 0 Å². The molecule has 0 unspecified atom stereocenters. The Bertz CT molecular complexity index is 485. The van der Waals surface area contributed by atoms with Gasteiger partial charge in [0.05, 0.1) is 6.10 Å². The van der Waals surface area contributed by atoms with Crippen molar-refractivity contribution in [1.29, 1.82) is 0 Å². The number of aliphatic hydroxyl groups is 1. The summed E-state index contributed by atoms with van der Waals surface area (Å²) in [5.41, 5.74) is 1.25. The lowest BCUT2D eigenvalue weighted by atomic mass is 10.1. The molecule has 4 nitrogen and oxygen atoms in total. The Balaban J connectivity index is 1.59. The van der Waals surface area contributed by atoms with Crippen molar-refractivity contribution in [2.45, 2.75) is 38.3 Å². The summed E-state index contributed by atoms with van der Waals surface area (Å²) in [4.78, 5) is 16.7. The van der Waals surface area contributed by atoms with Crippen molar-refractivity contribution in [2.75, 3.05) is 26.2 Å². The Labute approximate surface area is 132 Å². The normalized spacial score (nSPS) is 24.4. The summed E-state index contributed by atoms with van der Waals surface area (Å²) in [5.74, 6) is 0.464. The first kappa shape index (κ1) is 15.5. The molecular formula is C18H26N2O2. The summed E-state index contributed by atoms with van der Waals surface area (Å²) >= 11 is 0. The Morgan fingerprint density at radius 1 is 1.09 bits per heavy atom. The second-order valence-electron chi connectivity index (χ2n) is 6.64. The number of carbonyl (C=O) groups excluding carboxylic acids is 1. The summed E-state index contributed by atoms with van der Waals surface area (Å²) in [6, 6.07) is 10.3. The molecule has 1 aromatic rings. The average Bonchev–Trinajstić information content (AvgIpc) is 2.99. The van der Waals surface area contributed by atoms with Gasteiger partial charge in [-0.25, -0.2) is 0 Å². The van der Waals surface area contributed by atoms with Gasteiger partial charge in [-0.3, -0.25) is 9.69 Å². The minimum atomic E-state index is -0.448. The molecule has 2 aliphatic rings. The number of carbonyl (C=O) groups is 1. The topological polar surface area (TPSA) is 43.8 Å². The molecule has 2 fully saturated rings. The number of hydrogen-bond donors (Lipinski definition) is 1. The van der Waals surface area contributed by atoms with Crippen LogP contribution in [0.4, 0.5) is 0 Å². The fourth-order valence-corrected chi connectivity index (χ4v) is 3.67. The first-order chi connectivity index (χ1) is 10.7. The van der Waals surface area contributed by atoms with Crippen molar-refractivity contribution in [3.05, 3.63) is 35.9 Å². The van der Waals surface area contributed by atoms with E-state index in [1.54, 1.807) is 0 Å². The fraction of sp³-hybridized carbons (Fsp3) is 0.611. The van der Waals surface area contributed by atoms with Crippen molar-refractivity contribution < 1.29 is 9.90 Å². The molecule has 0 aromatic heterocycles. The van der Waals surface area contributed by atoms with E-state index >= 15 is 0 Å². The SMILES string of the molecule is O=C(C1CCCC1)N1CCN(Cc2ccccc2)C[C@H](O)C1. The van der Waals surface area contributed by atoms with Crippen LogP contribution in [0.25, 0.3) is 0 Å². The molecule has 0 bridgehead atoms. The Kier molecular flexibility index (Phi) is 5.11. The number of benzene rings is 1. The van der Waals surface area contributed by atoms with Crippen LogP contribution in [0.15, 0.2) is 30.3 Å². The van der Waals surface area contributed by atoms with Gasteiger partial charge in [-0.2, -0.15) is 0 Å². The molecule has 22 heavy (non-hydrogen) atoms. The lowest BCUT2D eigenvalue weighted by molar-refractivity contribution is -0.136. The number of amides is 1.